The number of likely N-dealkylation sites (tertiary alicyclic amines) is 1. The second-order valence-electron chi connectivity index (χ2n) is 5.96. The highest BCUT2D eigenvalue weighted by atomic mass is 19.1. The summed E-state index contributed by atoms with van der Waals surface area (Å²) in [6.07, 6.45) is 2.74. The largest absolute Gasteiger partial charge is 0.481 e. The lowest BCUT2D eigenvalue weighted by atomic mass is 9.98. The van der Waals surface area contributed by atoms with Gasteiger partial charge in [0, 0.05) is 13.1 Å². The number of rotatable bonds is 3. The lowest BCUT2D eigenvalue weighted by molar-refractivity contribution is -0.143. The van der Waals surface area contributed by atoms with E-state index >= 15 is 0 Å². The molecule has 3 rings (SSSR count). The van der Waals surface area contributed by atoms with Gasteiger partial charge in [-0.15, -0.1) is 0 Å². The number of aliphatic carboxylic acids is 1. The molecule has 1 aliphatic heterocycles. The molecular formula is C17H18FN3O3. The van der Waals surface area contributed by atoms with Gasteiger partial charge in [-0.25, -0.2) is 9.07 Å². The van der Waals surface area contributed by atoms with E-state index in [1.165, 1.54) is 18.3 Å². The molecule has 0 spiro atoms. The van der Waals surface area contributed by atoms with E-state index in [0.29, 0.717) is 36.3 Å². The van der Waals surface area contributed by atoms with Gasteiger partial charge in [-0.1, -0.05) is 0 Å². The first-order valence-corrected chi connectivity index (χ1v) is 7.80. The molecule has 2 heterocycles. The minimum absolute atomic E-state index is 0.216. The molecule has 1 saturated heterocycles. The summed E-state index contributed by atoms with van der Waals surface area (Å²) in [5.74, 6) is -1.94. The van der Waals surface area contributed by atoms with Gasteiger partial charge >= 0.3 is 5.97 Å². The van der Waals surface area contributed by atoms with Crippen LogP contribution in [0.5, 0.6) is 0 Å². The fourth-order valence-electron chi connectivity index (χ4n) is 3.00. The molecule has 0 bridgehead atoms. The Morgan fingerprint density at radius 1 is 1.29 bits per heavy atom. The van der Waals surface area contributed by atoms with Crippen LogP contribution in [0, 0.1) is 18.7 Å². The van der Waals surface area contributed by atoms with Gasteiger partial charge < -0.3 is 10.0 Å². The predicted octanol–water partition coefficient (Wildman–Crippen LogP) is 2.26. The third kappa shape index (κ3) is 3.02. The monoisotopic (exact) mass is 331 g/mol. The number of carbonyl (C=O) groups is 2. The molecular weight excluding hydrogens is 313 g/mol. The van der Waals surface area contributed by atoms with E-state index in [9.17, 15) is 14.0 Å². The SMILES string of the molecule is Cc1c(C(=O)N2CCC[C@@H](C(=O)O)C2)cnn1-c1ccc(F)cc1. The van der Waals surface area contributed by atoms with Crippen molar-refractivity contribution in [2.24, 2.45) is 5.92 Å². The maximum absolute atomic E-state index is 13.0. The molecule has 1 amide bonds. The highest BCUT2D eigenvalue weighted by Crippen LogP contribution is 2.21. The summed E-state index contributed by atoms with van der Waals surface area (Å²) in [6.45, 7) is 2.53. The van der Waals surface area contributed by atoms with E-state index in [4.69, 9.17) is 5.11 Å². The summed E-state index contributed by atoms with van der Waals surface area (Å²) < 4.78 is 14.6. The second kappa shape index (κ2) is 6.43. The molecule has 0 aliphatic carbocycles. The number of amides is 1. The van der Waals surface area contributed by atoms with E-state index in [0.717, 1.165) is 0 Å². The Balaban J connectivity index is 1.83. The van der Waals surface area contributed by atoms with Crippen LogP contribution in [0.3, 0.4) is 0 Å². The third-order valence-electron chi connectivity index (χ3n) is 4.37. The number of nitrogens with zero attached hydrogens (tertiary/aromatic N) is 3. The van der Waals surface area contributed by atoms with Gasteiger partial charge in [0.25, 0.3) is 5.91 Å². The number of benzene rings is 1. The van der Waals surface area contributed by atoms with Crippen LogP contribution in [0.1, 0.15) is 28.9 Å². The van der Waals surface area contributed by atoms with Gasteiger partial charge in [-0.3, -0.25) is 9.59 Å². The van der Waals surface area contributed by atoms with Crippen molar-refractivity contribution in [2.45, 2.75) is 19.8 Å². The van der Waals surface area contributed by atoms with Crippen LogP contribution in [0.4, 0.5) is 4.39 Å². The Hall–Kier alpha value is -2.70. The summed E-state index contributed by atoms with van der Waals surface area (Å²) in [5, 5.41) is 13.4. The fraction of sp³-hybridized carbons (Fsp3) is 0.353. The maximum atomic E-state index is 13.0. The van der Waals surface area contributed by atoms with Gasteiger partial charge in [0.15, 0.2) is 0 Å². The van der Waals surface area contributed by atoms with E-state index < -0.39 is 11.9 Å². The Kier molecular flexibility index (Phi) is 4.33. The molecule has 1 aromatic heterocycles. The Labute approximate surface area is 138 Å². The van der Waals surface area contributed by atoms with Gasteiger partial charge in [-0.05, 0) is 44.0 Å². The van der Waals surface area contributed by atoms with Crippen molar-refractivity contribution in [1.29, 1.82) is 0 Å². The van der Waals surface area contributed by atoms with Crippen molar-refractivity contribution in [3.05, 3.63) is 47.5 Å². The van der Waals surface area contributed by atoms with Crippen LogP contribution in [-0.2, 0) is 4.79 Å². The highest BCUT2D eigenvalue weighted by molar-refractivity contribution is 5.95. The van der Waals surface area contributed by atoms with Crippen molar-refractivity contribution in [3.63, 3.8) is 0 Å². The molecule has 126 valence electrons. The first-order valence-electron chi connectivity index (χ1n) is 7.80. The number of carboxylic acids is 1. The summed E-state index contributed by atoms with van der Waals surface area (Å²) >= 11 is 0. The summed E-state index contributed by atoms with van der Waals surface area (Å²) in [6, 6.07) is 5.84. The van der Waals surface area contributed by atoms with Crippen molar-refractivity contribution >= 4 is 11.9 Å². The number of piperidine rings is 1. The zero-order chi connectivity index (χ0) is 17.3. The topological polar surface area (TPSA) is 75.4 Å². The molecule has 0 saturated carbocycles. The standard InChI is InChI=1S/C17H18FN3O3/c1-11-15(9-19-21(11)14-6-4-13(18)5-7-14)16(22)20-8-2-3-12(10-20)17(23)24/h4-7,9,12H,2-3,8,10H2,1H3,(H,23,24)/t12-/m1/s1. The lowest BCUT2D eigenvalue weighted by Crippen LogP contribution is -2.42. The average molecular weight is 331 g/mol. The van der Waals surface area contributed by atoms with E-state index in [1.54, 1.807) is 28.6 Å². The zero-order valence-electron chi connectivity index (χ0n) is 13.3. The van der Waals surface area contributed by atoms with Crippen LogP contribution in [0.15, 0.2) is 30.5 Å². The molecule has 2 aromatic rings. The number of hydrogen-bond acceptors (Lipinski definition) is 3. The lowest BCUT2D eigenvalue weighted by Gasteiger charge is -2.30. The maximum Gasteiger partial charge on any atom is 0.308 e. The fourth-order valence-corrected chi connectivity index (χ4v) is 3.00. The van der Waals surface area contributed by atoms with Crippen LogP contribution in [0.2, 0.25) is 0 Å². The summed E-state index contributed by atoms with van der Waals surface area (Å²) in [7, 11) is 0. The van der Waals surface area contributed by atoms with Gasteiger partial charge in [0.1, 0.15) is 5.82 Å². The number of carboxylic acid groups (broad SMARTS) is 1. The Morgan fingerprint density at radius 3 is 2.67 bits per heavy atom. The van der Waals surface area contributed by atoms with Crippen LogP contribution in [0.25, 0.3) is 5.69 Å². The van der Waals surface area contributed by atoms with Crippen molar-refractivity contribution in [1.82, 2.24) is 14.7 Å². The first-order chi connectivity index (χ1) is 11.5. The van der Waals surface area contributed by atoms with E-state index in [1.807, 2.05) is 0 Å². The molecule has 0 unspecified atom stereocenters. The minimum atomic E-state index is -0.869. The van der Waals surface area contributed by atoms with Gasteiger partial charge in [0.05, 0.1) is 29.1 Å². The predicted molar refractivity (Wildman–Crippen MR) is 84.5 cm³/mol. The molecule has 1 N–H and O–H groups in total. The molecule has 7 heteroatoms. The first kappa shape index (κ1) is 16.2. The third-order valence-corrected chi connectivity index (χ3v) is 4.37. The normalized spacial score (nSPS) is 17.8. The van der Waals surface area contributed by atoms with Crippen molar-refractivity contribution in [3.8, 4) is 5.69 Å². The molecule has 24 heavy (non-hydrogen) atoms. The van der Waals surface area contributed by atoms with Crippen LogP contribution >= 0.6 is 0 Å². The van der Waals surface area contributed by atoms with Crippen LogP contribution < -0.4 is 0 Å². The molecule has 1 aliphatic rings. The highest BCUT2D eigenvalue weighted by Gasteiger charge is 2.30. The molecule has 0 radical (unpaired) electrons. The van der Waals surface area contributed by atoms with Crippen LogP contribution in [-0.4, -0.2) is 44.8 Å². The van der Waals surface area contributed by atoms with Crippen molar-refractivity contribution < 1.29 is 19.1 Å². The van der Waals surface area contributed by atoms with Crippen molar-refractivity contribution in [2.75, 3.05) is 13.1 Å². The van der Waals surface area contributed by atoms with E-state index in [-0.39, 0.29) is 18.3 Å². The zero-order valence-corrected chi connectivity index (χ0v) is 13.3. The molecule has 1 aromatic carbocycles. The Bertz CT molecular complexity index is 770. The quantitative estimate of drug-likeness (QED) is 0.936. The number of halogens is 1. The molecule has 1 fully saturated rings. The number of hydrogen-bond donors (Lipinski definition) is 1. The number of aromatic nitrogens is 2. The summed E-state index contributed by atoms with van der Waals surface area (Å²) in [5.41, 5.74) is 1.74. The molecule has 6 nitrogen and oxygen atoms in total. The average Bonchev–Trinajstić information content (AvgIpc) is 2.96. The van der Waals surface area contributed by atoms with Gasteiger partial charge in [-0.2, -0.15) is 5.10 Å². The minimum Gasteiger partial charge on any atom is -0.481 e. The second-order valence-corrected chi connectivity index (χ2v) is 5.96. The smallest absolute Gasteiger partial charge is 0.308 e. The summed E-state index contributed by atoms with van der Waals surface area (Å²) in [4.78, 5) is 25.4. The Morgan fingerprint density at radius 2 is 2.00 bits per heavy atom. The van der Waals surface area contributed by atoms with Gasteiger partial charge in [0.2, 0.25) is 0 Å². The number of carbonyl (C=O) groups excluding carboxylic acids is 1. The molecule has 1 atom stereocenters. The van der Waals surface area contributed by atoms with E-state index in [2.05, 4.69) is 5.10 Å².